The Bertz CT molecular complexity index is 529. The Hall–Kier alpha value is -1.13. The van der Waals surface area contributed by atoms with Gasteiger partial charge in [0.1, 0.15) is 15.8 Å². The van der Waals surface area contributed by atoms with Crippen LogP contribution in [0, 0.1) is 0 Å². The molecule has 0 saturated heterocycles. The first-order chi connectivity index (χ1) is 8.38. The van der Waals surface area contributed by atoms with E-state index >= 15 is 0 Å². The number of fused-ring (bicyclic) bond motifs is 1. The summed E-state index contributed by atoms with van der Waals surface area (Å²) >= 11 is 7.36. The third kappa shape index (κ3) is 2.03. The molecule has 3 nitrogen and oxygen atoms in total. The Morgan fingerprint density at radius 1 is 1.35 bits per heavy atom. The largest absolute Gasteiger partial charge is 0.493 e. The minimum atomic E-state index is 0.300. The van der Waals surface area contributed by atoms with E-state index in [0.29, 0.717) is 11.8 Å². The number of nitrogens with zero attached hydrogens (tertiary/aromatic N) is 2. The number of hydrogen-bond acceptors (Lipinski definition) is 4. The van der Waals surface area contributed by atoms with Crippen LogP contribution < -0.4 is 4.74 Å². The van der Waals surface area contributed by atoms with E-state index in [1.54, 1.807) is 11.3 Å². The summed E-state index contributed by atoms with van der Waals surface area (Å²) in [7, 11) is 0. The lowest BCUT2D eigenvalue weighted by Gasteiger charge is -2.23. The van der Waals surface area contributed by atoms with E-state index in [9.17, 15) is 0 Å². The zero-order chi connectivity index (χ0) is 11.7. The van der Waals surface area contributed by atoms with Gasteiger partial charge in [-0.2, -0.15) is 0 Å². The molecule has 5 heteroatoms. The summed E-state index contributed by atoms with van der Waals surface area (Å²) < 4.78 is 5.64. The molecule has 0 saturated carbocycles. The number of rotatable bonds is 2. The number of ether oxygens (including phenoxy) is 1. The first-order valence-corrected chi connectivity index (χ1v) is 6.83. The summed E-state index contributed by atoms with van der Waals surface area (Å²) in [5.41, 5.74) is 1.20. The number of aromatic nitrogens is 2. The molecule has 1 aliphatic heterocycles. The maximum absolute atomic E-state index is 5.76. The Labute approximate surface area is 108 Å². The topological polar surface area (TPSA) is 35.0 Å². The number of para-hydroxylation sites is 1. The Morgan fingerprint density at radius 3 is 3.06 bits per heavy atom. The van der Waals surface area contributed by atoms with E-state index in [4.69, 9.17) is 16.3 Å². The van der Waals surface area contributed by atoms with E-state index in [0.717, 1.165) is 28.8 Å². The van der Waals surface area contributed by atoms with E-state index in [-0.39, 0.29) is 0 Å². The molecule has 3 rings (SSSR count). The van der Waals surface area contributed by atoms with Crippen LogP contribution in [0.2, 0.25) is 0 Å². The summed E-state index contributed by atoms with van der Waals surface area (Å²) in [6.45, 7) is 0.734. The average Bonchev–Trinajstić information content (AvgIpc) is 2.87. The molecule has 0 bridgehead atoms. The Morgan fingerprint density at radius 2 is 2.24 bits per heavy atom. The molecule has 1 unspecified atom stereocenters. The lowest BCUT2D eigenvalue weighted by molar-refractivity contribution is 0.276. The molecular formula is C12H11ClN2OS. The van der Waals surface area contributed by atoms with Crippen LogP contribution >= 0.6 is 22.9 Å². The van der Waals surface area contributed by atoms with Crippen molar-refractivity contribution < 1.29 is 4.74 Å². The molecule has 2 aromatic rings. The Kier molecular flexibility index (Phi) is 2.99. The summed E-state index contributed by atoms with van der Waals surface area (Å²) in [5, 5.41) is 10.2. The minimum absolute atomic E-state index is 0.300. The van der Waals surface area contributed by atoms with Crippen molar-refractivity contribution in [3.8, 4) is 5.75 Å². The quantitative estimate of drug-likeness (QED) is 0.783. The van der Waals surface area contributed by atoms with Crippen molar-refractivity contribution in [2.75, 3.05) is 6.61 Å². The summed E-state index contributed by atoms with van der Waals surface area (Å²) in [4.78, 5) is 0. The fourth-order valence-electron chi connectivity index (χ4n) is 2.06. The van der Waals surface area contributed by atoms with E-state index in [1.807, 2.05) is 18.2 Å². The SMILES string of the molecule is ClCc1nnc(C2CCOc3ccccc32)s1. The van der Waals surface area contributed by atoms with E-state index in [2.05, 4.69) is 16.3 Å². The van der Waals surface area contributed by atoms with Crippen molar-refractivity contribution in [2.45, 2.75) is 18.2 Å². The van der Waals surface area contributed by atoms with Crippen molar-refractivity contribution >= 4 is 22.9 Å². The fourth-order valence-corrected chi connectivity index (χ4v) is 3.12. The van der Waals surface area contributed by atoms with Crippen molar-refractivity contribution in [2.24, 2.45) is 0 Å². The highest BCUT2D eigenvalue weighted by molar-refractivity contribution is 7.11. The number of benzene rings is 1. The van der Waals surface area contributed by atoms with Gasteiger partial charge in [0.15, 0.2) is 0 Å². The van der Waals surface area contributed by atoms with Crippen LogP contribution in [0.4, 0.5) is 0 Å². The molecule has 0 spiro atoms. The van der Waals surface area contributed by atoms with Gasteiger partial charge in [-0.1, -0.05) is 29.5 Å². The molecule has 2 heterocycles. The lowest BCUT2D eigenvalue weighted by atomic mass is 9.94. The van der Waals surface area contributed by atoms with Crippen LogP contribution in [-0.2, 0) is 5.88 Å². The van der Waals surface area contributed by atoms with Crippen LogP contribution in [0.1, 0.15) is 27.9 Å². The molecule has 0 N–H and O–H groups in total. The third-order valence-corrected chi connectivity index (χ3v) is 4.30. The second-order valence-electron chi connectivity index (χ2n) is 3.90. The second kappa shape index (κ2) is 4.63. The Balaban J connectivity index is 1.99. The second-order valence-corrected chi connectivity index (χ2v) is 5.26. The van der Waals surface area contributed by atoms with Gasteiger partial charge in [0.25, 0.3) is 0 Å². The molecule has 0 fully saturated rings. The molecule has 0 radical (unpaired) electrons. The van der Waals surface area contributed by atoms with Crippen molar-refractivity contribution in [1.29, 1.82) is 0 Å². The van der Waals surface area contributed by atoms with Gasteiger partial charge in [-0.15, -0.1) is 21.8 Å². The molecular weight excluding hydrogens is 256 g/mol. The molecule has 1 aliphatic rings. The van der Waals surface area contributed by atoms with Gasteiger partial charge in [0.2, 0.25) is 0 Å². The van der Waals surface area contributed by atoms with E-state index in [1.165, 1.54) is 5.56 Å². The zero-order valence-corrected chi connectivity index (χ0v) is 10.7. The van der Waals surface area contributed by atoms with Gasteiger partial charge in [-0.3, -0.25) is 0 Å². The smallest absolute Gasteiger partial charge is 0.132 e. The standard InChI is InChI=1S/C12H11ClN2OS/c13-7-11-14-15-12(17-11)9-5-6-16-10-4-2-1-3-8(9)10/h1-4,9H,5-7H2. The predicted molar refractivity (Wildman–Crippen MR) is 67.9 cm³/mol. The van der Waals surface area contributed by atoms with Crippen LogP contribution in [0.15, 0.2) is 24.3 Å². The zero-order valence-electron chi connectivity index (χ0n) is 9.10. The monoisotopic (exact) mass is 266 g/mol. The summed E-state index contributed by atoms with van der Waals surface area (Å²) in [6.07, 6.45) is 0.952. The molecule has 0 amide bonds. The van der Waals surface area contributed by atoms with Crippen molar-refractivity contribution in [1.82, 2.24) is 10.2 Å². The first-order valence-electron chi connectivity index (χ1n) is 5.48. The number of halogens is 1. The summed E-state index contributed by atoms with van der Waals surface area (Å²) in [5.74, 6) is 1.70. The third-order valence-electron chi connectivity index (χ3n) is 2.85. The molecule has 1 atom stereocenters. The van der Waals surface area contributed by atoms with Crippen LogP contribution in [-0.4, -0.2) is 16.8 Å². The molecule has 17 heavy (non-hydrogen) atoms. The number of alkyl halides is 1. The highest BCUT2D eigenvalue weighted by atomic mass is 35.5. The average molecular weight is 267 g/mol. The highest BCUT2D eigenvalue weighted by Crippen LogP contribution is 2.38. The summed E-state index contributed by atoms with van der Waals surface area (Å²) in [6, 6.07) is 8.13. The predicted octanol–water partition coefficient (Wildman–Crippen LogP) is 3.19. The van der Waals surface area contributed by atoms with Gasteiger partial charge >= 0.3 is 0 Å². The van der Waals surface area contributed by atoms with Gasteiger partial charge in [-0.05, 0) is 12.5 Å². The fraction of sp³-hybridized carbons (Fsp3) is 0.333. The highest BCUT2D eigenvalue weighted by Gasteiger charge is 2.25. The maximum Gasteiger partial charge on any atom is 0.132 e. The molecule has 88 valence electrons. The van der Waals surface area contributed by atoms with Crippen molar-refractivity contribution in [3.63, 3.8) is 0 Å². The van der Waals surface area contributed by atoms with Gasteiger partial charge in [0.05, 0.1) is 12.5 Å². The van der Waals surface area contributed by atoms with Crippen LogP contribution in [0.5, 0.6) is 5.75 Å². The minimum Gasteiger partial charge on any atom is -0.493 e. The van der Waals surface area contributed by atoms with Crippen molar-refractivity contribution in [3.05, 3.63) is 39.8 Å². The first kappa shape index (κ1) is 11.0. The normalized spacial score (nSPS) is 18.5. The molecule has 0 aliphatic carbocycles. The lowest BCUT2D eigenvalue weighted by Crippen LogP contribution is -2.14. The number of hydrogen-bond donors (Lipinski definition) is 0. The molecule has 1 aromatic heterocycles. The molecule has 1 aromatic carbocycles. The van der Waals surface area contributed by atoms with Gasteiger partial charge < -0.3 is 4.74 Å². The van der Waals surface area contributed by atoms with E-state index < -0.39 is 0 Å². The van der Waals surface area contributed by atoms with Crippen LogP contribution in [0.25, 0.3) is 0 Å². The van der Waals surface area contributed by atoms with Gasteiger partial charge in [0, 0.05) is 11.5 Å². The van der Waals surface area contributed by atoms with Crippen LogP contribution in [0.3, 0.4) is 0 Å². The van der Waals surface area contributed by atoms with Gasteiger partial charge in [-0.25, -0.2) is 0 Å². The maximum atomic E-state index is 5.76.